The van der Waals surface area contributed by atoms with Gasteiger partial charge in [0.15, 0.2) is 0 Å². The van der Waals surface area contributed by atoms with Crippen molar-refractivity contribution < 1.29 is 8.42 Å². The second-order valence-corrected chi connectivity index (χ2v) is 5.62. The molecule has 0 bridgehead atoms. The van der Waals surface area contributed by atoms with E-state index >= 15 is 0 Å². The average Bonchev–Trinajstić information content (AvgIpc) is 2.15. The lowest BCUT2D eigenvalue weighted by atomic mass is 10.2. The largest absolute Gasteiger partial charge is 0.326 e. The number of nitrogens with one attached hydrogen (secondary N) is 2. The third-order valence-electron chi connectivity index (χ3n) is 1.99. The van der Waals surface area contributed by atoms with Crippen LogP contribution in [0.2, 0.25) is 0 Å². The summed E-state index contributed by atoms with van der Waals surface area (Å²) in [5.41, 5.74) is -1.07. The van der Waals surface area contributed by atoms with E-state index in [1.165, 1.54) is 12.1 Å². The van der Waals surface area contributed by atoms with Crippen molar-refractivity contribution in [2.45, 2.75) is 4.90 Å². The van der Waals surface area contributed by atoms with Gasteiger partial charge < -0.3 is 4.98 Å². The molecule has 0 unspecified atom stereocenters. The molecule has 6 nitrogen and oxygen atoms in total. The highest BCUT2D eigenvalue weighted by Gasteiger charge is 2.11. The van der Waals surface area contributed by atoms with Gasteiger partial charge in [-0.2, -0.15) is 0 Å². The van der Waals surface area contributed by atoms with Crippen LogP contribution >= 0.6 is 10.7 Å². The maximum Gasteiger partial charge on any atom is 0.326 e. The van der Waals surface area contributed by atoms with E-state index in [9.17, 15) is 18.0 Å². The van der Waals surface area contributed by atoms with E-state index in [1.807, 2.05) is 4.98 Å². The summed E-state index contributed by atoms with van der Waals surface area (Å²) in [6, 6.07) is 3.62. The maximum atomic E-state index is 11.4. The van der Waals surface area contributed by atoms with Crippen molar-refractivity contribution in [3.8, 4) is 0 Å². The van der Waals surface area contributed by atoms with Crippen molar-refractivity contribution in [2.75, 3.05) is 0 Å². The minimum Gasteiger partial charge on any atom is -0.307 e. The molecule has 84 valence electrons. The first-order valence-electron chi connectivity index (χ1n) is 4.09. The average molecular weight is 261 g/mol. The molecular weight excluding hydrogens is 256 g/mol. The van der Waals surface area contributed by atoms with Gasteiger partial charge in [0.25, 0.3) is 14.6 Å². The third-order valence-corrected chi connectivity index (χ3v) is 3.34. The Hall–Kier alpha value is -1.60. The number of benzene rings is 1. The predicted octanol–water partition coefficient (Wildman–Crippen LogP) is 0.144. The van der Waals surface area contributed by atoms with Crippen LogP contribution in [0.25, 0.3) is 10.9 Å². The molecule has 0 amide bonds. The molecule has 2 rings (SSSR count). The zero-order valence-electron chi connectivity index (χ0n) is 7.65. The fraction of sp³-hybridized carbons (Fsp3) is 0. The smallest absolute Gasteiger partial charge is 0.307 e. The van der Waals surface area contributed by atoms with Gasteiger partial charge in [0.1, 0.15) is 0 Å². The highest BCUT2D eigenvalue weighted by atomic mass is 35.7. The van der Waals surface area contributed by atoms with Crippen LogP contribution in [0.1, 0.15) is 0 Å². The summed E-state index contributed by atoms with van der Waals surface area (Å²) in [6.45, 7) is 0. The topological polar surface area (TPSA) is 99.9 Å². The second-order valence-electron chi connectivity index (χ2n) is 3.05. The maximum absolute atomic E-state index is 11.4. The minimum absolute atomic E-state index is 0.0568. The van der Waals surface area contributed by atoms with Crippen LogP contribution in [0.5, 0.6) is 0 Å². The number of hydrogen-bond acceptors (Lipinski definition) is 4. The van der Waals surface area contributed by atoms with Crippen molar-refractivity contribution in [3.05, 3.63) is 39.0 Å². The Labute approximate surface area is 93.3 Å². The lowest BCUT2D eigenvalue weighted by molar-refractivity contribution is 0.609. The Balaban J connectivity index is 2.93. The molecule has 1 aromatic carbocycles. The standard InChI is InChI=1S/C8H5ClN2O4S/c9-16(14,15)4-1-2-6-5(3-4)7(12)11-8(13)10-6/h1-3H,(H2,10,11,12,13). The Kier molecular flexibility index (Phi) is 2.36. The van der Waals surface area contributed by atoms with Crippen LogP contribution in [-0.4, -0.2) is 18.4 Å². The lowest BCUT2D eigenvalue weighted by Crippen LogP contribution is -2.21. The highest BCUT2D eigenvalue weighted by molar-refractivity contribution is 8.13. The number of rotatable bonds is 1. The fourth-order valence-corrected chi connectivity index (χ4v) is 2.07. The summed E-state index contributed by atoms with van der Waals surface area (Å²) in [5.74, 6) is 0. The SMILES string of the molecule is O=c1[nH]c(=O)c2cc(S(=O)(=O)Cl)ccc2[nH]1. The Morgan fingerprint density at radius 1 is 1.12 bits per heavy atom. The van der Waals surface area contributed by atoms with Crippen LogP contribution < -0.4 is 11.2 Å². The highest BCUT2D eigenvalue weighted by Crippen LogP contribution is 2.17. The molecule has 8 heteroatoms. The molecule has 0 saturated heterocycles. The molecule has 2 aromatic rings. The van der Waals surface area contributed by atoms with Crippen LogP contribution in [0.4, 0.5) is 0 Å². The predicted molar refractivity (Wildman–Crippen MR) is 58.2 cm³/mol. The van der Waals surface area contributed by atoms with Gasteiger partial charge in [-0.3, -0.25) is 9.78 Å². The normalized spacial score (nSPS) is 11.8. The molecule has 0 atom stereocenters. The van der Waals surface area contributed by atoms with Crippen LogP contribution in [0, 0.1) is 0 Å². The summed E-state index contributed by atoms with van der Waals surface area (Å²) in [7, 11) is 1.24. The van der Waals surface area contributed by atoms with E-state index in [2.05, 4.69) is 4.98 Å². The molecule has 2 N–H and O–H groups in total. The van der Waals surface area contributed by atoms with E-state index in [-0.39, 0.29) is 15.8 Å². The van der Waals surface area contributed by atoms with Crippen molar-refractivity contribution in [3.63, 3.8) is 0 Å². The number of aromatic nitrogens is 2. The molecule has 16 heavy (non-hydrogen) atoms. The van der Waals surface area contributed by atoms with Gasteiger partial charge in [0.2, 0.25) is 0 Å². The number of halogens is 1. The summed E-state index contributed by atoms with van der Waals surface area (Å²) >= 11 is 0. The molecule has 0 aliphatic rings. The van der Waals surface area contributed by atoms with Gasteiger partial charge in [-0.15, -0.1) is 0 Å². The molecule has 1 aromatic heterocycles. The van der Waals surface area contributed by atoms with Gasteiger partial charge in [0.05, 0.1) is 15.8 Å². The van der Waals surface area contributed by atoms with Gasteiger partial charge in [-0.1, -0.05) is 0 Å². The second kappa shape index (κ2) is 3.46. The quantitative estimate of drug-likeness (QED) is 0.713. The van der Waals surface area contributed by atoms with Gasteiger partial charge in [-0.05, 0) is 18.2 Å². The Morgan fingerprint density at radius 2 is 1.81 bits per heavy atom. The first-order valence-corrected chi connectivity index (χ1v) is 6.40. The third kappa shape index (κ3) is 1.86. The van der Waals surface area contributed by atoms with E-state index < -0.39 is 20.3 Å². The van der Waals surface area contributed by atoms with Crippen molar-refractivity contribution in [2.24, 2.45) is 0 Å². The minimum atomic E-state index is -3.89. The summed E-state index contributed by atoms with van der Waals surface area (Å²) in [4.78, 5) is 26.4. The molecule has 0 spiro atoms. The molecule has 0 aliphatic heterocycles. The van der Waals surface area contributed by atoms with E-state index in [1.54, 1.807) is 0 Å². The molecule has 1 heterocycles. The zero-order valence-corrected chi connectivity index (χ0v) is 9.22. The summed E-state index contributed by atoms with van der Waals surface area (Å²) in [5, 5.41) is 0.0568. The van der Waals surface area contributed by atoms with E-state index in [0.29, 0.717) is 0 Å². The molecule has 0 fully saturated rings. The van der Waals surface area contributed by atoms with Crippen LogP contribution in [0.3, 0.4) is 0 Å². The Morgan fingerprint density at radius 3 is 2.44 bits per heavy atom. The van der Waals surface area contributed by atoms with Gasteiger partial charge >= 0.3 is 5.69 Å². The fourth-order valence-electron chi connectivity index (χ4n) is 1.30. The van der Waals surface area contributed by atoms with Gasteiger partial charge in [-0.25, -0.2) is 13.2 Å². The van der Waals surface area contributed by atoms with Crippen LogP contribution in [0.15, 0.2) is 32.7 Å². The van der Waals surface area contributed by atoms with Crippen molar-refractivity contribution in [1.29, 1.82) is 0 Å². The van der Waals surface area contributed by atoms with Gasteiger partial charge in [0, 0.05) is 10.7 Å². The zero-order chi connectivity index (χ0) is 11.9. The number of hydrogen-bond donors (Lipinski definition) is 2. The lowest BCUT2D eigenvalue weighted by Gasteiger charge is -1.98. The number of aromatic amines is 2. The van der Waals surface area contributed by atoms with E-state index in [4.69, 9.17) is 10.7 Å². The molecule has 0 saturated carbocycles. The Bertz CT molecular complexity index is 774. The van der Waals surface area contributed by atoms with E-state index in [0.717, 1.165) is 6.07 Å². The monoisotopic (exact) mass is 260 g/mol. The number of fused-ring (bicyclic) bond motifs is 1. The van der Waals surface area contributed by atoms with Crippen molar-refractivity contribution in [1.82, 2.24) is 9.97 Å². The van der Waals surface area contributed by atoms with Crippen molar-refractivity contribution >= 4 is 30.6 Å². The molecule has 0 radical (unpaired) electrons. The first-order chi connectivity index (χ1) is 7.38. The summed E-state index contributed by atoms with van der Waals surface area (Å²) < 4.78 is 22.1. The first kappa shape index (κ1) is 10.9. The molecule has 0 aliphatic carbocycles. The number of H-pyrrole nitrogens is 2. The van der Waals surface area contributed by atoms with Crippen LogP contribution in [-0.2, 0) is 9.05 Å². The molecular formula is C8H5ClN2O4S. The summed E-state index contributed by atoms with van der Waals surface area (Å²) in [6.07, 6.45) is 0.